The van der Waals surface area contributed by atoms with Crippen LogP contribution < -0.4 is 10.2 Å². The van der Waals surface area contributed by atoms with Crippen LogP contribution in [0.15, 0.2) is 84.9 Å². The van der Waals surface area contributed by atoms with Crippen molar-refractivity contribution >= 4 is 0 Å². The van der Waals surface area contributed by atoms with Gasteiger partial charge in [0, 0.05) is 0 Å². The van der Waals surface area contributed by atoms with Crippen LogP contribution in [0.5, 0.6) is 5.75 Å². The number of nitrogens with one attached hydrogen (secondary N) is 1. The van der Waals surface area contributed by atoms with Gasteiger partial charge in [-0.1, -0.05) is 72.8 Å². The lowest BCUT2D eigenvalue weighted by atomic mass is 9.78. The van der Waals surface area contributed by atoms with E-state index in [-0.39, 0.29) is 0 Å². The summed E-state index contributed by atoms with van der Waals surface area (Å²) in [5.74, 6) is 0.825. The zero-order valence-corrected chi connectivity index (χ0v) is 13.9. The highest BCUT2D eigenvalue weighted by Gasteiger charge is 2.36. The van der Waals surface area contributed by atoms with Crippen LogP contribution in [0.25, 0.3) is 0 Å². The van der Waals surface area contributed by atoms with Crippen LogP contribution in [0.1, 0.15) is 16.7 Å². The average Bonchev–Trinajstić information content (AvgIpc) is 2.68. The first-order valence-electron chi connectivity index (χ1n) is 7.87. The number of ether oxygens (including phenoxy) is 1. The van der Waals surface area contributed by atoms with Crippen molar-refractivity contribution in [3.63, 3.8) is 0 Å². The molecule has 3 heteroatoms. The second-order valence-electron chi connectivity index (χ2n) is 5.52. The minimum atomic E-state index is -0.608. The second kappa shape index (κ2) is 7.30. The van der Waals surface area contributed by atoms with Crippen molar-refractivity contribution in [2.75, 3.05) is 14.2 Å². The van der Waals surface area contributed by atoms with Gasteiger partial charge in [0.15, 0.2) is 0 Å². The molecular weight excluding hydrogens is 298 g/mol. The van der Waals surface area contributed by atoms with Gasteiger partial charge in [-0.05, 0) is 28.8 Å². The van der Waals surface area contributed by atoms with Gasteiger partial charge in [0.2, 0.25) is 0 Å². The van der Waals surface area contributed by atoms with Crippen LogP contribution in [0, 0.1) is 0 Å². The Balaban J connectivity index is 2.25. The third-order valence-corrected chi connectivity index (χ3v) is 4.19. The predicted molar refractivity (Wildman–Crippen MR) is 95.9 cm³/mol. The van der Waals surface area contributed by atoms with Crippen LogP contribution in [0.2, 0.25) is 0 Å². The van der Waals surface area contributed by atoms with Gasteiger partial charge in [-0.25, -0.2) is 0 Å². The second-order valence-corrected chi connectivity index (χ2v) is 5.52. The molecule has 0 atom stereocenters. The van der Waals surface area contributed by atoms with E-state index in [0.717, 1.165) is 22.4 Å². The van der Waals surface area contributed by atoms with Crippen LogP contribution in [0.4, 0.5) is 0 Å². The van der Waals surface area contributed by atoms with Crippen molar-refractivity contribution in [1.82, 2.24) is 5.48 Å². The van der Waals surface area contributed by atoms with Gasteiger partial charge in [-0.2, -0.15) is 5.48 Å². The molecule has 0 heterocycles. The van der Waals surface area contributed by atoms with E-state index in [4.69, 9.17) is 9.57 Å². The summed E-state index contributed by atoms with van der Waals surface area (Å²) < 4.78 is 5.30. The molecule has 122 valence electrons. The topological polar surface area (TPSA) is 30.5 Å². The minimum absolute atomic E-state index is 0.608. The van der Waals surface area contributed by atoms with Crippen molar-refractivity contribution < 1.29 is 9.57 Å². The number of hydroxylamine groups is 1. The molecule has 0 fully saturated rings. The summed E-state index contributed by atoms with van der Waals surface area (Å²) in [5, 5.41) is 0. The molecule has 0 aliphatic heterocycles. The Morgan fingerprint density at radius 2 is 1.08 bits per heavy atom. The van der Waals surface area contributed by atoms with Gasteiger partial charge in [0.25, 0.3) is 0 Å². The van der Waals surface area contributed by atoms with Crippen molar-refractivity contribution in [3.05, 3.63) is 102 Å². The van der Waals surface area contributed by atoms with E-state index in [1.165, 1.54) is 0 Å². The van der Waals surface area contributed by atoms with Gasteiger partial charge < -0.3 is 9.57 Å². The first-order chi connectivity index (χ1) is 11.8. The fraction of sp³-hybridized carbons (Fsp3) is 0.143. The Kier molecular flexibility index (Phi) is 4.94. The highest BCUT2D eigenvalue weighted by molar-refractivity contribution is 5.50. The fourth-order valence-electron chi connectivity index (χ4n) is 3.05. The molecule has 0 unspecified atom stereocenters. The van der Waals surface area contributed by atoms with E-state index in [1.54, 1.807) is 14.2 Å². The van der Waals surface area contributed by atoms with Crippen molar-refractivity contribution in [2.45, 2.75) is 5.54 Å². The lowest BCUT2D eigenvalue weighted by Crippen LogP contribution is -2.44. The molecule has 0 saturated carbocycles. The maximum atomic E-state index is 5.45. The Morgan fingerprint density at radius 1 is 0.625 bits per heavy atom. The number of benzene rings is 3. The first kappa shape index (κ1) is 16.2. The smallest absolute Gasteiger partial charge is 0.118 e. The van der Waals surface area contributed by atoms with Gasteiger partial charge in [-0.15, -0.1) is 0 Å². The van der Waals surface area contributed by atoms with E-state index in [2.05, 4.69) is 41.9 Å². The molecule has 1 N–H and O–H groups in total. The Labute approximate surface area is 142 Å². The molecule has 3 nitrogen and oxygen atoms in total. The Hall–Kier alpha value is -2.62. The number of methoxy groups -OCH3 is 1. The lowest BCUT2D eigenvalue weighted by molar-refractivity contribution is 0.0428. The molecule has 0 aliphatic rings. The van der Waals surface area contributed by atoms with Gasteiger partial charge in [0.1, 0.15) is 11.3 Å². The zero-order chi connectivity index (χ0) is 16.8. The molecule has 0 bridgehead atoms. The van der Waals surface area contributed by atoms with Gasteiger partial charge in [-0.3, -0.25) is 0 Å². The van der Waals surface area contributed by atoms with Crippen LogP contribution in [-0.4, -0.2) is 14.2 Å². The molecule has 3 aromatic rings. The molecule has 0 aliphatic carbocycles. The van der Waals surface area contributed by atoms with E-state index in [9.17, 15) is 0 Å². The van der Waals surface area contributed by atoms with E-state index in [0.29, 0.717) is 0 Å². The molecule has 0 aromatic heterocycles. The highest BCUT2D eigenvalue weighted by Crippen LogP contribution is 2.37. The molecule has 0 saturated heterocycles. The third kappa shape index (κ3) is 2.92. The quantitative estimate of drug-likeness (QED) is 0.547. The maximum Gasteiger partial charge on any atom is 0.118 e. The Bertz CT molecular complexity index is 715. The summed E-state index contributed by atoms with van der Waals surface area (Å²) in [6, 6.07) is 28.6. The fourth-order valence-corrected chi connectivity index (χ4v) is 3.05. The summed E-state index contributed by atoms with van der Waals surface area (Å²) in [6.07, 6.45) is 0. The highest BCUT2D eigenvalue weighted by atomic mass is 16.6. The van der Waals surface area contributed by atoms with Crippen molar-refractivity contribution in [2.24, 2.45) is 0 Å². The van der Waals surface area contributed by atoms with Crippen LogP contribution in [-0.2, 0) is 10.4 Å². The molecule has 0 amide bonds. The molecule has 24 heavy (non-hydrogen) atoms. The van der Waals surface area contributed by atoms with Gasteiger partial charge >= 0.3 is 0 Å². The van der Waals surface area contributed by atoms with Crippen LogP contribution >= 0.6 is 0 Å². The average molecular weight is 319 g/mol. The molecular formula is C21H21NO2. The summed E-state index contributed by atoms with van der Waals surface area (Å²) in [7, 11) is 3.31. The summed E-state index contributed by atoms with van der Waals surface area (Å²) in [5.41, 5.74) is 5.91. The molecule has 0 radical (unpaired) electrons. The number of rotatable bonds is 6. The number of hydrogen-bond acceptors (Lipinski definition) is 3. The van der Waals surface area contributed by atoms with E-state index in [1.807, 2.05) is 48.5 Å². The van der Waals surface area contributed by atoms with Gasteiger partial charge in [0.05, 0.1) is 14.2 Å². The molecule has 3 aromatic carbocycles. The molecule has 3 rings (SSSR count). The van der Waals surface area contributed by atoms with Crippen LogP contribution in [0.3, 0.4) is 0 Å². The lowest BCUT2D eigenvalue weighted by Gasteiger charge is -2.35. The first-order valence-corrected chi connectivity index (χ1v) is 7.87. The van der Waals surface area contributed by atoms with Crippen molar-refractivity contribution in [1.29, 1.82) is 0 Å². The maximum absolute atomic E-state index is 5.45. The minimum Gasteiger partial charge on any atom is -0.497 e. The van der Waals surface area contributed by atoms with E-state index >= 15 is 0 Å². The predicted octanol–water partition coefficient (Wildman–Crippen LogP) is 4.14. The summed E-state index contributed by atoms with van der Waals surface area (Å²) in [4.78, 5) is 5.45. The zero-order valence-electron chi connectivity index (χ0n) is 13.9. The summed E-state index contributed by atoms with van der Waals surface area (Å²) >= 11 is 0. The SMILES string of the molecule is CONC(c1ccccc1)(c1ccccc1)c1ccc(OC)cc1. The largest absolute Gasteiger partial charge is 0.497 e. The standard InChI is InChI=1S/C21H21NO2/c1-23-20-15-13-19(14-16-20)21(22-24-2,17-9-5-3-6-10-17)18-11-7-4-8-12-18/h3-16,22H,1-2H3. The number of hydrogen-bond donors (Lipinski definition) is 1. The Morgan fingerprint density at radius 3 is 1.50 bits per heavy atom. The van der Waals surface area contributed by atoms with E-state index < -0.39 is 5.54 Å². The normalized spacial score (nSPS) is 11.2. The van der Waals surface area contributed by atoms with Crippen molar-refractivity contribution in [3.8, 4) is 5.75 Å². The monoisotopic (exact) mass is 319 g/mol. The molecule has 0 spiro atoms. The third-order valence-electron chi connectivity index (χ3n) is 4.19. The summed E-state index contributed by atoms with van der Waals surface area (Å²) in [6.45, 7) is 0.